The van der Waals surface area contributed by atoms with E-state index in [4.69, 9.17) is 23.2 Å². The fourth-order valence-electron chi connectivity index (χ4n) is 0.715. The van der Waals surface area contributed by atoms with Gasteiger partial charge in [-0.3, -0.25) is 0 Å². The van der Waals surface area contributed by atoms with Gasteiger partial charge in [0.25, 0.3) is 0 Å². The molecule has 5 heteroatoms. The van der Waals surface area contributed by atoms with E-state index in [1.165, 1.54) is 6.92 Å². The van der Waals surface area contributed by atoms with E-state index in [0.29, 0.717) is 0 Å². The minimum Gasteiger partial charge on any atom is -0.205 e. The SMILES string of the molecule is Cc1c(F)c(Cl)c(F)c(F)c1Cl. The molecule has 0 saturated heterocycles. The third-order valence-corrected chi connectivity index (χ3v) is 2.21. The van der Waals surface area contributed by atoms with Crippen molar-refractivity contribution in [2.24, 2.45) is 0 Å². The molecule has 1 aromatic carbocycles. The third-order valence-electron chi connectivity index (χ3n) is 1.43. The van der Waals surface area contributed by atoms with Crippen molar-refractivity contribution in [2.45, 2.75) is 6.92 Å². The van der Waals surface area contributed by atoms with Gasteiger partial charge in [0.2, 0.25) is 0 Å². The van der Waals surface area contributed by atoms with E-state index in [2.05, 4.69) is 0 Å². The summed E-state index contributed by atoms with van der Waals surface area (Å²) in [5, 5.41) is -1.44. The molecule has 0 unspecified atom stereocenters. The van der Waals surface area contributed by atoms with Crippen molar-refractivity contribution >= 4 is 23.2 Å². The molecule has 0 saturated carbocycles. The first kappa shape index (κ1) is 9.68. The lowest BCUT2D eigenvalue weighted by Crippen LogP contribution is -1.95. The minimum absolute atomic E-state index is 0.194. The van der Waals surface area contributed by atoms with Crippen LogP contribution in [0.3, 0.4) is 0 Å². The summed E-state index contributed by atoms with van der Waals surface area (Å²) in [6.45, 7) is 1.21. The van der Waals surface area contributed by atoms with E-state index in [0.717, 1.165) is 0 Å². The van der Waals surface area contributed by atoms with Gasteiger partial charge in [0, 0.05) is 5.56 Å². The monoisotopic (exact) mass is 214 g/mol. The maximum atomic E-state index is 12.8. The smallest absolute Gasteiger partial charge is 0.181 e. The molecule has 0 fully saturated rings. The highest BCUT2D eigenvalue weighted by molar-refractivity contribution is 6.33. The highest BCUT2D eigenvalue weighted by Crippen LogP contribution is 2.30. The Labute approximate surface area is 76.9 Å². The van der Waals surface area contributed by atoms with Gasteiger partial charge in [-0.25, -0.2) is 13.2 Å². The second kappa shape index (κ2) is 3.15. The molecule has 0 aliphatic carbocycles. The summed E-state index contributed by atoms with van der Waals surface area (Å²) in [7, 11) is 0. The first-order chi connectivity index (χ1) is 5.46. The van der Waals surface area contributed by atoms with Crippen LogP contribution >= 0.6 is 23.2 Å². The van der Waals surface area contributed by atoms with Gasteiger partial charge in [0.1, 0.15) is 10.8 Å². The highest BCUT2D eigenvalue weighted by atomic mass is 35.5. The van der Waals surface area contributed by atoms with E-state index in [9.17, 15) is 13.2 Å². The molecule has 0 nitrogen and oxygen atoms in total. The molecule has 0 amide bonds. The lowest BCUT2D eigenvalue weighted by atomic mass is 10.2. The predicted octanol–water partition coefficient (Wildman–Crippen LogP) is 3.72. The standard InChI is InChI=1S/C7H3Cl2F3/c1-2-3(8)6(11)7(12)4(9)5(2)10/h1H3. The summed E-state index contributed by atoms with van der Waals surface area (Å²) in [4.78, 5) is 0. The first-order valence-corrected chi connectivity index (χ1v) is 3.70. The van der Waals surface area contributed by atoms with Gasteiger partial charge in [-0.05, 0) is 6.92 Å². The average Bonchev–Trinajstić information content (AvgIpc) is 2.08. The quantitative estimate of drug-likeness (QED) is 0.457. The largest absolute Gasteiger partial charge is 0.205 e. The zero-order valence-electron chi connectivity index (χ0n) is 5.89. The number of halogens is 5. The Morgan fingerprint density at radius 2 is 1.25 bits per heavy atom. The summed E-state index contributed by atoms with van der Waals surface area (Å²) in [5.41, 5.74) is -0.194. The molecular formula is C7H3Cl2F3. The van der Waals surface area contributed by atoms with Crippen LogP contribution in [-0.2, 0) is 0 Å². The van der Waals surface area contributed by atoms with Crippen LogP contribution in [-0.4, -0.2) is 0 Å². The molecule has 0 N–H and O–H groups in total. The topological polar surface area (TPSA) is 0 Å². The fraction of sp³-hybridized carbons (Fsp3) is 0.143. The fourth-order valence-corrected chi connectivity index (χ4v) is 1.11. The van der Waals surface area contributed by atoms with E-state index in [1.54, 1.807) is 0 Å². The molecule has 66 valence electrons. The molecule has 0 aromatic heterocycles. The Morgan fingerprint density at radius 1 is 0.833 bits per heavy atom. The summed E-state index contributed by atoms with van der Waals surface area (Å²) in [6.07, 6.45) is 0. The van der Waals surface area contributed by atoms with Crippen LogP contribution in [0.2, 0.25) is 10.0 Å². The van der Waals surface area contributed by atoms with E-state index >= 15 is 0 Å². The molecule has 0 radical (unpaired) electrons. The van der Waals surface area contributed by atoms with Crippen LogP contribution in [0, 0.1) is 24.4 Å². The van der Waals surface area contributed by atoms with Crippen LogP contribution in [0.1, 0.15) is 5.56 Å². The number of hydrogen-bond acceptors (Lipinski definition) is 0. The van der Waals surface area contributed by atoms with Gasteiger partial charge in [-0.15, -0.1) is 0 Å². The van der Waals surface area contributed by atoms with Gasteiger partial charge < -0.3 is 0 Å². The van der Waals surface area contributed by atoms with Crippen molar-refractivity contribution in [2.75, 3.05) is 0 Å². The molecule has 1 aromatic rings. The third kappa shape index (κ3) is 1.27. The second-order valence-electron chi connectivity index (χ2n) is 2.19. The summed E-state index contributed by atoms with van der Waals surface area (Å²) in [6, 6.07) is 0. The van der Waals surface area contributed by atoms with Gasteiger partial charge in [-0.1, -0.05) is 23.2 Å². The Morgan fingerprint density at radius 3 is 1.75 bits per heavy atom. The van der Waals surface area contributed by atoms with Gasteiger partial charge >= 0.3 is 0 Å². The maximum Gasteiger partial charge on any atom is 0.181 e. The summed E-state index contributed by atoms with van der Waals surface area (Å²) < 4.78 is 38.1. The van der Waals surface area contributed by atoms with Crippen molar-refractivity contribution < 1.29 is 13.2 Å². The van der Waals surface area contributed by atoms with Gasteiger partial charge in [0.05, 0.1) is 5.02 Å². The normalized spacial score (nSPS) is 10.5. The lowest BCUT2D eigenvalue weighted by Gasteiger charge is -2.04. The van der Waals surface area contributed by atoms with Crippen LogP contribution in [0.5, 0.6) is 0 Å². The molecule has 0 heterocycles. The minimum atomic E-state index is -1.45. The Balaban J connectivity index is 3.60. The predicted molar refractivity (Wildman–Crippen MR) is 41.1 cm³/mol. The van der Waals surface area contributed by atoms with Crippen LogP contribution in [0.4, 0.5) is 13.2 Å². The summed E-state index contributed by atoms with van der Waals surface area (Å²) >= 11 is 10.4. The molecule has 0 bridgehead atoms. The molecule has 0 aliphatic heterocycles. The highest BCUT2D eigenvalue weighted by Gasteiger charge is 2.19. The zero-order valence-corrected chi connectivity index (χ0v) is 7.40. The van der Waals surface area contributed by atoms with E-state index in [1.807, 2.05) is 0 Å². The van der Waals surface area contributed by atoms with Crippen molar-refractivity contribution in [1.29, 1.82) is 0 Å². The number of hydrogen-bond donors (Lipinski definition) is 0. The zero-order chi connectivity index (χ0) is 9.46. The average molecular weight is 215 g/mol. The lowest BCUT2D eigenvalue weighted by molar-refractivity contribution is 0.493. The number of benzene rings is 1. The van der Waals surface area contributed by atoms with Gasteiger partial charge in [0.15, 0.2) is 11.6 Å². The van der Waals surface area contributed by atoms with Gasteiger partial charge in [-0.2, -0.15) is 0 Å². The number of rotatable bonds is 0. The first-order valence-electron chi connectivity index (χ1n) is 2.94. The van der Waals surface area contributed by atoms with E-state index < -0.39 is 27.5 Å². The van der Waals surface area contributed by atoms with Crippen LogP contribution in [0.25, 0.3) is 0 Å². The molecule has 0 aliphatic rings. The van der Waals surface area contributed by atoms with Crippen molar-refractivity contribution in [3.05, 3.63) is 33.1 Å². The Bertz CT molecular complexity index is 231. The van der Waals surface area contributed by atoms with Crippen molar-refractivity contribution in [1.82, 2.24) is 0 Å². The van der Waals surface area contributed by atoms with E-state index in [-0.39, 0.29) is 5.56 Å². The maximum absolute atomic E-state index is 12.8. The molecule has 0 atom stereocenters. The summed E-state index contributed by atoms with van der Waals surface area (Å²) in [5.74, 6) is -3.80. The Kier molecular flexibility index (Phi) is 2.54. The van der Waals surface area contributed by atoms with Crippen molar-refractivity contribution in [3.8, 4) is 0 Å². The van der Waals surface area contributed by atoms with Crippen LogP contribution < -0.4 is 0 Å². The molecule has 0 spiro atoms. The molecule has 12 heavy (non-hydrogen) atoms. The second-order valence-corrected chi connectivity index (χ2v) is 2.95. The van der Waals surface area contributed by atoms with Crippen LogP contribution in [0.15, 0.2) is 0 Å². The Hall–Kier alpha value is -0.410. The molecule has 1 rings (SSSR count). The molecular weight excluding hydrogens is 212 g/mol. The van der Waals surface area contributed by atoms with Crippen molar-refractivity contribution in [3.63, 3.8) is 0 Å².